The number of rotatable bonds is 7. The van der Waals surface area contributed by atoms with Crippen molar-refractivity contribution >= 4 is 0 Å². The number of nitrogens with two attached hydrogens (primary N) is 1. The fraction of sp³-hybridized carbons (Fsp3) is 0.857. The number of hydrogen-bond donors (Lipinski definition) is 1. The first kappa shape index (κ1) is 14.5. The number of aromatic nitrogens is 2. The lowest BCUT2D eigenvalue weighted by Crippen LogP contribution is -2.32. The summed E-state index contributed by atoms with van der Waals surface area (Å²) in [6.07, 6.45) is 5.46. The topological polar surface area (TPSA) is 68.2 Å². The van der Waals surface area contributed by atoms with Crippen LogP contribution in [0, 0.1) is 0 Å². The van der Waals surface area contributed by atoms with Crippen LogP contribution in [0.5, 0.6) is 0 Å². The van der Waals surface area contributed by atoms with Crippen LogP contribution in [-0.4, -0.2) is 41.2 Å². The van der Waals surface area contributed by atoms with Gasteiger partial charge in [-0.1, -0.05) is 31.8 Å². The summed E-state index contributed by atoms with van der Waals surface area (Å²) >= 11 is 0. The number of nitrogens with zero attached hydrogens (tertiary/aromatic N) is 3. The molecule has 0 aliphatic heterocycles. The van der Waals surface area contributed by atoms with Gasteiger partial charge >= 0.3 is 0 Å². The predicted octanol–water partition coefficient (Wildman–Crippen LogP) is 1.72. The van der Waals surface area contributed by atoms with E-state index in [1.807, 2.05) is 0 Å². The van der Waals surface area contributed by atoms with E-state index < -0.39 is 0 Å². The third-order valence-electron chi connectivity index (χ3n) is 4.42. The van der Waals surface area contributed by atoms with Gasteiger partial charge in [-0.25, -0.2) is 0 Å². The minimum atomic E-state index is -0.0412. The summed E-state index contributed by atoms with van der Waals surface area (Å²) in [5.41, 5.74) is 5.90. The highest BCUT2D eigenvalue weighted by molar-refractivity contribution is 5.09. The standard InChI is InChI=1S/C14H26N4O/c1-3-18(4-2)10-7-12-16-13(19-17-12)14(11-15)8-5-6-9-14/h3-11,15H2,1-2H3. The molecule has 0 bridgehead atoms. The largest absolute Gasteiger partial charge is 0.339 e. The third-order valence-corrected chi connectivity index (χ3v) is 4.42. The minimum Gasteiger partial charge on any atom is -0.339 e. The van der Waals surface area contributed by atoms with E-state index in [4.69, 9.17) is 10.3 Å². The fourth-order valence-corrected chi connectivity index (χ4v) is 2.93. The van der Waals surface area contributed by atoms with Gasteiger partial charge in [0.15, 0.2) is 5.82 Å². The Kier molecular flexibility index (Phi) is 4.93. The van der Waals surface area contributed by atoms with E-state index in [9.17, 15) is 0 Å². The average Bonchev–Trinajstić information content (AvgIpc) is 3.09. The van der Waals surface area contributed by atoms with E-state index in [0.717, 1.165) is 50.6 Å². The van der Waals surface area contributed by atoms with Crippen molar-refractivity contribution in [1.82, 2.24) is 15.0 Å². The Bertz CT molecular complexity index is 381. The maximum atomic E-state index is 5.94. The van der Waals surface area contributed by atoms with Gasteiger partial charge in [0.2, 0.25) is 5.89 Å². The average molecular weight is 266 g/mol. The molecule has 1 aromatic heterocycles. The molecule has 2 N–H and O–H groups in total. The zero-order valence-electron chi connectivity index (χ0n) is 12.2. The lowest BCUT2D eigenvalue weighted by Gasteiger charge is -2.21. The lowest BCUT2D eigenvalue weighted by molar-refractivity contribution is 0.280. The maximum absolute atomic E-state index is 5.94. The molecule has 108 valence electrons. The van der Waals surface area contributed by atoms with Crippen LogP contribution in [0.3, 0.4) is 0 Å². The van der Waals surface area contributed by atoms with Crippen molar-refractivity contribution in [2.24, 2.45) is 5.73 Å². The summed E-state index contributed by atoms with van der Waals surface area (Å²) < 4.78 is 5.48. The van der Waals surface area contributed by atoms with E-state index in [2.05, 4.69) is 28.9 Å². The highest BCUT2D eigenvalue weighted by Crippen LogP contribution is 2.39. The first-order valence-electron chi connectivity index (χ1n) is 7.49. The van der Waals surface area contributed by atoms with Gasteiger partial charge in [-0.3, -0.25) is 0 Å². The summed E-state index contributed by atoms with van der Waals surface area (Å²) in [5, 5.41) is 4.13. The molecule has 1 aliphatic rings. The third kappa shape index (κ3) is 3.15. The van der Waals surface area contributed by atoms with E-state index >= 15 is 0 Å². The second kappa shape index (κ2) is 6.48. The van der Waals surface area contributed by atoms with E-state index in [1.165, 1.54) is 12.8 Å². The van der Waals surface area contributed by atoms with Gasteiger partial charge in [-0.15, -0.1) is 0 Å². The molecule has 0 radical (unpaired) electrons. The molecule has 1 saturated carbocycles. The SMILES string of the molecule is CCN(CC)CCc1noc(C2(CN)CCCC2)n1. The van der Waals surface area contributed by atoms with Gasteiger partial charge in [0.25, 0.3) is 0 Å². The molecular weight excluding hydrogens is 240 g/mol. The highest BCUT2D eigenvalue weighted by atomic mass is 16.5. The molecule has 0 spiro atoms. The highest BCUT2D eigenvalue weighted by Gasteiger charge is 2.39. The molecule has 0 saturated heterocycles. The van der Waals surface area contributed by atoms with Crippen LogP contribution in [-0.2, 0) is 11.8 Å². The molecule has 0 amide bonds. The van der Waals surface area contributed by atoms with Crippen molar-refractivity contribution in [3.8, 4) is 0 Å². The van der Waals surface area contributed by atoms with Crippen molar-refractivity contribution in [3.05, 3.63) is 11.7 Å². The van der Waals surface area contributed by atoms with Crippen LogP contribution in [0.25, 0.3) is 0 Å². The Morgan fingerprint density at radius 3 is 2.53 bits per heavy atom. The normalized spacial score (nSPS) is 18.3. The Labute approximate surface area is 115 Å². The molecule has 1 fully saturated rings. The first-order chi connectivity index (χ1) is 9.24. The van der Waals surface area contributed by atoms with Crippen LogP contribution < -0.4 is 5.73 Å². The predicted molar refractivity (Wildman–Crippen MR) is 75.0 cm³/mol. The minimum absolute atomic E-state index is 0.0412. The second-order valence-corrected chi connectivity index (χ2v) is 5.48. The molecule has 2 rings (SSSR count). The molecule has 1 aromatic rings. The summed E-state index contributed by atoms with van der Waals surface area (Å²) in [5.74, 6) is 1.59. The van der Waals surface area contributed by atoms with Gasteiger partial charge in [-0.2, -0.15) is 4.98 Å². The zero-order chi connectivity index (χ0) is 13.7. The van der Waals surface area contributed by atoms with E-state index in [0.29, 0.717) is 6.54 Å². The van der Waals surface area contributed by atoms with E-state index in [1.54, 1.807) is 0 Å². The molecule has 0 aromatic carbocycles. The molecule has 5 heteroatoms. The van der Waals surface area contributed by atoms with Crippen molar-refractivity contribution in [2.45, 2.75) is 51.4 Å². The molecular formula is C14H26N4O. The fourth-order valence-electron chi connectivity index (χ4n) is 2.93. The zero-order valence-corrected chi connectivity index (χ0v) is 12.2. The molecule has 5 nitrogen and oxygen atoms in total. The van der Waals surface area contributed by atoms with Crippen LogP contribution in [0.2, 0.25) is 0 Å². The first-order valence-corrected chi connectivity index (χ1v) is 7.49. The van der Waals surface area contributed by atoms with Crippen LogP contribution in [0.1, 0.15) is 51.2 Å². The quantitative estimate of drug-likeness (QED) is 0.814. The lowest BCUT2D eigenvalue weighted by atomic mass is 9.86. The summed E-state index contributed by atoms with van der Waals surface area (Å²) in [4.78, 5) is 6.96. The molecule has 19 heavy (non-hydrogen) atoms. The van der Waals surface area contributed by atoms with Crippen LogP contribution >= 0.6 is 0 Å². The van der Waals surface area contributed by atoms with Crippen molar-refractivity contribution in [1.29, 1.82) is 0 Å². The van der Waals surface area contributed by atoms with Gasteiger partial charge < -0.3 is 15.2 Å². The van der Waals surface area contributed by atoms with Crippen LogP contribution in [0.15, 0.2) is 4.52 Å². The number of hydrogen-bond acceptors (Lipinski definition) is 5. The Morgan fingerprint density at radius 1 is 1.26 bits per heavy atom. The van der Waals surface area contributed by atoms with Crippen molar-refractivity contribution in [3.63, 3.8) is 0 Å². The Balaban J connectivity index is 1.98. The van der Waals surface area contributed by atoms with Gasteiger partial charge in [0.1, 0.15) is 0 Å². The maximum Gasteiger partial charge on any atom is 0.234 e. The molecule has 0 atom stereocenters. The second-order valence-electron chi connectivity index (χ2n) is 5.48. The van der Waals surface area contributed by atoms with Gasteiger partial charge in [-0.05, 0) is 25.9 Å². The Hall–Kier alpha value is -0.940. The smallest absolute Gasteiger partial charge is 0.234 e. The van der Waals surface area contributed by atoms with E-state index in [-0.39, 0.29) is 5.41 Å². The van der Waals surface area contributed by atoms with Gasteiger partial charge in [0, 0.05) is 19.5 Å². The molecule has 0 unspecified atom stereocenters. The van der Waals surface area contributed by atoms with Crippen LogP contribution in [0.4, 0.5) is 0 Å². The summed E-state index contributed by atoms with van der Waals surface area (Å²) in [6.45, 7) is 8.08. The summed E-state index contributed by atoms with van der Waals surface area (Å²) in [6, 6.07) is 0. The summed E-state index contributed by atoms with van der Waals surface area (Å²) in [7, 11) is 0. The molecule has 1 heterocycles. The van der Waals surface area contributed by atoms with Gasteiger partial charge in [0.05, 0.1) is 5.41 Å². The monoisotopic (exact) mass is 266 g/mol. The number of likely N-dealkylation sites (N-methyl/N-ethyl adjacent to an activating group) is 1. The van der Waals surface area contributed by atoms with Crippen molar-refractivity contribution in [2.75, 3.05) is 26.2 Å². The Morgan fingerprint density at radius 2 is 1.95 bits per heavy atom. The molecule has 1 aliphatic carbocycles. The van der Waals surface area contributed by atoms with Crippen molar-refractivity contribution < 1.29 is 4.52 Å².